The smallest absolute Gasteiger partial charge is 0.348 e. The van der Waals surface area contributed by atoms with Crippen molar-refractivity contribution in [1.82, 2.24) is 0 Å². The molecule has 1 rings (SSSR count). The van der Waals surface area contributed by atoms with Crippen LogP contribution >= 0.6 is 0 Å². The van der Waals surface area contributed by atoms with Crippen molar-refractivity contribution in [3.05, 3.63) is 42.5 Å². The summed E-state index contributed by atoms with van der Waals surface area (Å²) in [6.07, 6.45) is 1.06. The Morgan fingerprint density at radius 1 is 1.18 bits per heavy atom. The lowest BCUT2D eigenvalue weighted by molar-refractivity contribution is -0.298. The first-order chi connectivity index (χ1) is 10.5. The van der Waals surface area contributed by atoms with E-state index in [0.29, 0.717) is 5.75 Å². The molecule has 1 aromatic rings. The lowest BCUT2D eigenvalue weighted by atomic mass is 10.1. The summed E-state index contributed by atoms with van der Waals surface area (Å²) in [7, 11) is 2.31. The Labute approximate surface area is 128 Å². The highest BCUT2D eigenvalue weighted by Gasteiger charge is 2.37. The van der Waals surface area contributed by atoms with E-state index in [-0.39, 0.29) is 18.8 Å². The van der Waals surface area contributed by atoms with Crippen molar-refractivity contribution < 1.29 is 33.6 Å². The predicted molar refractivity (Wildman–Crippen MR) is 76.4 cm³/mol. The maximum absolute atomic E-state index is 12.0. The number of esters is 1. The Hall–Kier alpha value is -2.22. The highest BCUT2D eigenvalue weighted by Crippen LogP contribution is 2.18. The number of carbonyl (C=O) groups is 2. The van der Waals surface area contributed by atoms with Gasteiger partial charge in [-0.1, -0.05) is 6.58 Å². The Morgan fingerprint density at radius 2 is 1.77 bits per heavy atom. The summed E-state index contributed by atoms with van der Waals surface area (Å²) >= 11 is 0. The lowest BCUT2D eigenvalue weighted by Crippen LogP contribution is -2.42. The number of benzene rings is 1. The standard InChI is InChI=1S/C15H18O7/c1-4-13(16)22-10-9-21-12-7-5-11(6-8-12)14(17)15(18,19-2)20-3/h4-8,18H,1,9-10H2,2-3H3. The second-order valence-corrected chi connectivity index (χ2v) is 4.06. The van der Waals surface area contributed by atoms with Gasteiger partial charge in [0.05, 0.1) is 0 Å². The van der Waals surface area contributed by atoms with Gasteiger partial charge in [-0.05, 0) is 24.3 Å². The molecular formula is C15H18O7. The van der Waals surface area contributed by atoms with E-state index >= 15 is 0 Å². The largest absolute Gasteiger partial charge is 0.490 e. The number of rotatable bonds is 9. The van der Waals surface area contributed by atoms with E-state index in [0.717, 1.165) is 20.3 Å². The Balaban J connectivity index is 2.58. The average Bonchev–Trinajstić information content (AvgIpc) is 2.57. The van der Waals surface area contributed by atoms with Crippen LogP contribution in [0.3, 0.4) is 0 Å². The fourth-order valence-corrected chi connectivity index (χ4v) is 1.51. The number of aliphatic hydroxyl groups is 1. The molecule has 0 amide bonds. The molecule has 0 heterocycles. The van der Waals surface area contributed by atoms with Crippen LogP contribution in [-0.2, 0) is 19.0 Å². The Morgan fingerprint density at radius 3 is 2.27 bits per heavy atom. The number of Topliss-reactive ketones (excluding diaryl/α,β-unsaturated/α-hetero) is 1. The van der Waals surface area contributed by atoms with Gasteiger partial charge in [0, 0.05) is 25.9 Å². The topological polar surface area (TPSA) is 91.3 Å². The van der Waals surface area contributed by atoms with E-state index in [4.69, 9.17) is 9.47 Å². The maximum Gasteiger partial charge on any atom is 0.348 e. The summed E-state index contributed by atoms with van der Waals surface area (Å²) in [5, 5.41) is 9.79. The van der Waals surface area contributed by atoms with E-state index in [1.54, 1.807) is 0 Å². The molecule has 7 nitrogen and oxygen atoms in total. The second kappa shape index (κ2) is 8.28. The number of ketones is 1. The molecule has 22 heavy (non-hydrogen) atoms. The van der Waals surface area contributed by atoms with Gasteiger partial charge in [0.15, 0.2) is 0 Å². The average molecular weight is 310 g/mol. The minimum atomic E-state index is -2.32. The van der Waals surface area contributed by atoms with Crippen LogP contribution in [0, 0.1) is 0 Å². The van der Waals surface area contributed by atoms with Gasteiger partial charge in [0.1, 0.15) is 19.0 Å². The molecule has 0 spiro atoms. The van der Waals surface area contributed by atoms with Crippen molar-refractivity contribution in [3.63, 3.8) is 0 Å². The number of carbonyl (C=O) groups excluding carboxylic acids is 2. The molecule has 0 saturated carbocycles. The highest BCUT2D eigenvalue weighted by atomic mass is 16.8. The minimum absolute atomic E-state index is 0.0820. The van der Waals surface area contributed by atoms with Crippen LogP contribution in [0.1, 0.15) is 10.4 Å². The van der Waals surface area contributed by atoms with Gasteiger partial charge in [-0.2, -0.15) is 0 Å². The quantitative estimate of drug-likeness (QED) is 0.238. The normalized spacial score (nSPS) is 10.9. The van der Waals surface area contributed by atoms with E-state index in [9.17, 15) is 14.7 Å². The molecule has 0 unspecified atom stereocenters. The van der Waals surface area contributed by atoms with Crippen molar-refractivity contribution in [1.29, 1.82) is 0 Å². The number of hydrogen-bond donors (Lipinski definition) is 1. The van der Waals surface area contributed by atoms with Crippen LogP contribution < -0.4 is 4.74 Å². The molecule has 0 radical (unpaired) electrons. The van der Waals surface area contributed by atoms with Gasteiger partial charge in [-0.25, -0.2) is 4.79 Å². The van der Waals surface area contributed by atoms with Crippen molar-refractivity contribution in [2.75, 3.05) is 27.4 Å². The molecule has 0 aliphatic rings. The monoisotopic (exact) mass is 310 g/mol. The zero-order valence-electron chi connectivity index (χ0n) is 12.4. The van der Waals surface area contributed by atoms with Crippen LogP contribution in [0.2, 0.25) is 0 Å². The van der Waals surface area contributed by atoms with Crippen LogP contribution in [0.5, 0.6) is 5.75 Å². The summed E-state index contributed by atoms with van der Waals surface area (Å²) < 4.78 is 19.4. The van der Waals surface area contributed by atoms with E-state index in [2.05, 4.69) is 16.1 Å². The first-order valence-electron chi connectivity index (χ1n) is 6.36. The molecule has 0 aliphatic heterocycles. The third-order valence-corrected chi connectivity index (χ3v) is 2.72. The molecule has 0 fully saturated rings. The zero-order chi connectivity index (χ0) is 16.6. The molecule has 1 aromatic carbocycles. The van der Waals surface area contributed by atoms with E-state index in [1.165, 1.54) is 24.3 Å². The fraction of sp³-hybridized carbons (Fsp3) is 0.333. The van der Waals surface area contributed by atoms with Crippen LogP contribution in [-0.4, -0.2) is 50.3 Å². The highest BCUT2D eigenvalue weighted by molar-refractivity contribution is 6.00. The summed E-state index contributed by atoms with van der Waals surface area (Å²) in [5.41, 5.74) is 0.191. The molecule has 0 aromatic heterocycles. The number of methoxy groups -OCH3 is 2. The van der Waals surface area contributed by atoms with Gasteiger partial charge < -0.3 is 24.1 Å². The number of hydrogen-bond acceptors (Lipinski definition) is 7. The van der Waals surface area contributed by atoms with Crippen molar-refractivity contribution in [2.45, 2.75) is 5.97 Å². The third-order valence-electron chi connectivity index (χ3n) is 2.72. The summed E-state index contributed by atoms with van der Waals surface area (Å²) in [5.74, 6) is -3.10. The third kappa shape index (κ3) is 4.66. The van der Waals surface area contributed by atoms with Crippen molar-refractivity contribution in [3.8, 4) is 5.75 Å². The van der Waals surface area contributed by atoms with Gasteiger partial charge in [0.2, 0.25) is 0 Å². The molecule has 0 saturated heterocycles. The van der Waals surface area contributed by atoms with Crippen LogP contribution in [0.4, 0.5) is 0 Å². The van der Waals surface area contributed by atoms with Crippen molar-refractivity contribution in [2.24, 2.45) is 0 Å². The lowest BCUT2D eigenvalue weighted by Gasteiger charge is -2.22. The molecule has 7 heteroatoms. The molecule has 1 N–H and O–H groups in total. The van der Waals surface area contributed by atoms with Gasteiger partial charge in [0.25, 0.3) is 5.78 Å². The molecule has 120 valence electrons. The van der Waals surface area contributed by atoms with Gasteiger partial charge >= 0.3 is 11.9 Å². The van der Waals surface area contributed by atoms with Gasteiger partial charge in [-0.3, -0.25) is 4.79 Å². The Kier molecular flexibility index (Phi) is 6.71. The SMILES string of the molecule is C=CC(=O)OCCOc1ccc(C(=O)C(O)(OC)OC)cc1. The Bertz CT molecular complexity index is 517. The first-order valence-corrected chi connectivity index (χ1v) is 6.36. The van der Waals surface area contributed by atoms with Gasteiger partial charge in [-0.15, -0.1) is 0 Å². The minimum Gasteiger partial charge on any atom is -0.490 e. The fourth-order valence-electron chi connectivity index (χ4n) is 1.51. The second-order valence-electron chi connectivity index (χ2n) is 4.06. The van der Waals surface area contributed by atoms with Crippen LogP contribution in [0.25, 0.3) is 0 Å². The van der Waals surface area contributed by atoms with Crippen molar-refractivity contribution >= 4 is 11.8 Å². The van der Waals surface area contributed by atoms with E-state index in [1.807, 2.05) is 0 Å². The predicted octanol–water partition coefficient (Wildman–Crippen LogP) is 0.916. The maximum atomic E-state index is 12.0. The summed E-state index contributed by atoms with van der Waals surface area (Å²) in [4.78, 5) is 22.8. The molecular weight excluding hydrogens is 292 g/mol. The molecule has 0 bridgehead atoms. The molecule has 0 atom stereocenters. The zero-order valence-corrected chi connectivity index (χ0v) is 12.4. The molecule has 0 aliphatic carbocycles. The number of ether oxygens (including phenoxy) is 4. The van der Waals surface area contributed by atoms with E-state index < -0.39 is 17.7 Å². The van der Waals surface area contributed by atoms with Crippen LogP contribution in [0.15, 0.2) is 36.9 Å². The first kappa shape index (κ1) is 17.8. The summed E-state index contributed by atoms with van der Waals surface area (Å²) in [6.45, 7) is 3.51. The summed E-state index contributed by atoms with van der Waals surface area (Å²) in [6, 6.07) is 5.98.